The molecule has 0 radical (unpaired) electrons. The molecule has 1 aliphatic rings. The molecule has 0 aromatic heterocycles. The van der Waals surface area contributed by atoms with Crippen molar-refractivity contribution in [1.82, 2.24) is 5.32 Å². The van der Waals surface area contributed by atoms with Crippen molar-refractivity contribution in [3.63, 3.8) is 0 Å². The van der Waals surface area contributed by atoms with Crippen LogP contribution in [0.1, 0.15) is 39.5 Å². The van der Waals surface area contributed by atoms with Crippen molar-refractivity contribution in [3.05, 3.63) is 0 Å². The van der Waals surface area contributed by atoms with Gasteiger partial charge >= 0.3 is 5.97 Å². The molecule has 3 nitrogen and oxygen atoms in total. The van der Waals surface area contributed by atoms with E-state index in [1.54, 1.807) is 0 Å². The number of rotatable bonds is 3. The van der Waals surface area contributed by atoms with Gasteiger partial charge in [0.25, 0.3) is 0 Å². The van der Waals surface area contributed by atoms with Gasteiger partial charge in [-0.15, -0.1) is 0 Å². The fourth-order valence-electron chi connectivity index (χ4n) is 1.99. The van der Waals surface area contributed by atoms with Gasteiger partial charge in [-0.1, -0.05) is 6.42 Å². The van der Waals surface area contributed by atoms with Crippen molar-refractivity contribution >= 4 is 5.97 Å². The second-order valence-corrected chi connectivity index (χ2v) is 4.33. The summed E-state index contributed by atoms with van der Waals surface area (Å²) in [6.45, 7) is 3.80. The third kappa shape index (κ3) is 3.29. The van der Waals surface area contributed by atoms with Gasteiger partial charge in [0.2, 0.25) is 0 Å². The van der Waals surface area contributed by atoms with E-state index in [4.69, 9.17) is 4.74 Å². The quantitative estimate of drug-likeness (QED) is 0.703. The Morgan fingerprint density at radius 3 is 2.71 bits per heavy atom. The third-order valence-corrected chi connectivity index (χ3v) is 2.77. The van der Waals surface area contributed by atoms with E-state index in [0.29, 0.717) is 6.04 Å². The van der Waals surface area contributed by atoms with Crippen LogP contribution in [0.5, 0.6) is 0 Å². The van der Waals surface area contributed by atoms with E-state index < -0.39 is 0 Å². The minimum Gasteiger partial charge on any atom is -0.463 e. The van der Waals surface area contributed by atoms with Crippen LogP contribution in [0.4, 0.5) is 0 Å². The zero-order valence-electron chi connectivity index (χ0n) is 9.38. The molecular formula is C11H21NO2. The molecule has 0 aromatic rings. The van der Waals surface area contributed by atoms with E-state index in [1.165, 1.54) is 6.42 Å². The smallest absolute Gasteiger partial charge is 0.309 e. The van der Waals surface area contributed by atoms with Gasteiger partial charge in [0, 0.05) is 6.04 Å². The van der Waals surface area contributed by atoms with Gasteiger partial charge in [-0.3, -0.25) is 4.79 Å². The zero-order valence-corrected chi connectivity index (χ0v) is 9.38. The Hall–Kier alpha value is -0.570. The molecule has 0 aliphatic heterocycles. The standard InChI is InChI=1S/C11H21NO2/c1-8(2)14-11(13)9-5-4-6-10(7-9)12-3/h8-10,12H,4-7H2,1-3H3. The minimum atomic E-state index is -0.0139. The average Bonchev–Trinajstić information content (AvgIpc) is 2.17. The fourth-order valence-corrected chi connectivity index (χ4v) is 1.99. The first-order valence-electron chi connectivity index (χ1n) is 5.51. The molecule has 0 heterocycles. The van der Waals surface area contributed by atoms with Crippen LogP contribution in [0.3, 0.4) is 0 Å². The molecule has 2 unspecified atom stereocenters. The molecule has 2 atom stereocenters. The van der Waals surface area contributed by atoms with E-state index in [1.807, 2.05) is 20.9 Å². The molecule has 1 saturated carbocycles. The summed E-state index contributed by atoms with van der Waals surface area (Å²) in [6, 6.07) is 0.494. The van der Waals surface area contributed by atoms with Crippen LogP contribution in [0, 0.1) is 5.92 Å². The van der Waals surface area contributed by atoms with Crippen LogP contribution < -0.4 is 5.32 Å². The lowest BCUT2D eigenvalue weighted by Crippen LogP contribution is -2.35. The molecule has 1 aliphatic carbocycles. The van der Waals surface area contributed by atoms with Gasteiger partial charge in [-0.05, 0) is 40.2 Å². The second-order valence-electron chi connectivity index (χ2n) is 4.33. The van der Waals surface area contributed by atoms with Gasteiger partial charge in [0.1, 0.15) is 0 Å². The van der Waals surface area contributed by atoms with Crippen molar-refractivity contribution in [2.24, 2.45) is 5.92 Å². The van der Waals surface area contributed by atoms with Gasteiger partial charge in [0.15, 0.2) is 0 Å². The number of hydrogen-bond donors (Lipinski definition) is 1. The molecular weight excluding hydrogens is 178 g/mol. The highest BCUT2D eigenvalue weighted by Gasteiger charge is 2.27. The third-order valence-electron chi connectivity index (χ3n) is 2.77. The Bertz CT molecular complexity index is 192. The van der Waals surface area contributed by atoms with E-state index >= 15 is 0 Å². The van der Waals surface area contributed by atoms with Crippen molar-refractivity contribution in [2.75, 3.05) is 7.05 Å². The van der Waals surface area contributed by atoms with Gasteiger partial charge in [-0.25, -0.2) is 0 Å². The molecule has 82 valence electrons. The first-order chi connectivity index (χ1) is 6.63. The molecule has 1 fully saturated rings. The normalized spacial score (nSPS) is 27.7. The Kier molecular flexibility index (Phi) is 4.39. The largest absolute Gasteiger partial charge is 0.463 e. The van der Waals surface area contributed by atoms with Crippen LogP contribution in [-0.2, 0) is 9.53 Å². The summed E-state index contributed by atoms with van der Waals surface area (Å²) in [4.78, 5) is 11.6. The van der Waals surface area contributed by atoms with Crippen LogP contribution >= 0.6 is 0 Å². The predicted octanol–water partition coefficient (Wildman–Crippen LogP) is 1.72. The number of ether oxygens (including phenoxy) is 1. The monoisotopic (exact) mass is 199 g/mol. The minimum absolute atomic E-state index is 0.0115. The molecule has 1 rings (SSSR count). The van der Waals surface area contributed by atoms with Crippen molar-refractivity contribution in [1.29, 1.82) is 0 Å². The van der Waals surface area contributed by atoms with Crippen LogP contribution in [-0.4, -0.2) is 25.2 Å². The van der Waals surface area contributed by atoms with E-state index in [9.17, 15) is 4.79 Å². The summed E-state index contributed by atoms with van der Waals surface area (Å²) in [5.41, 5.74) is 0. The molecule has 0 bridgehead atoms. The molecule has 0 saturated heterocycles. The predicted molar refractivity (Wildman–Crippen MR) is 56.0 cm³/mol. The Labute approximate surface area is 86.2 Å². The maximum absolute atomic E-state index is 11.6. The number of nitrogens with one attached hydrogen (secondary N) is 1. The van der Waals surface area contributed by atoms with Crippen molar-refractivity contribution in [3.8, 4) is 0 Å². The molecule has 0 amide bonds. The summed E-state index contributed by atoms with van der Waals surface area (Å²) in [7, 11) is 1.96. The lowest BCUT2D eigenvalue weighted by atomic mass is 9.86. The van der Waals surface area contributed by atoms with Crippen molar-refractivity contribution in [2.45, 2.75) is 51.7 Å². The van der Waals surface area contributed by atoms with E-state index in [-0.39, 0.29) is 18.0 Å². The highest BCUT2D eigenvalue weighted by Crippen LogP contribution is 2.25. The summed E-state index contributed by atoms with van der Waals surface area (Å²) in [5, 5.41) is 3.23. The summed E-state index contributed by atoms with van der Waals surface area (Å²) in [6.07, 6.45) is 4.24. The first-order valence-corrected chi connectivity index (χ1v) is 5.51. The SMILES string of the molecule is CNC1CCCC(C(=O)OC(C)C)C1. The van der Waals surface area contributed by atoms with Crippen molar-refractivity contribution < 1.29 is 9.53 Å². The Morgan fingerprint density at radius 2 is 2.14 bits per heavy atom. The van der Waals surface area contributed by atoms with Gasteiger partial charge in [-0.2, -0.15) is 0 Å². The maximum atomic E-state index is 11.6. The van der Waals surface area contributed by atoms with Crippen LogP contribution in [0.2, 0.25) is 0 Å². The van der Waals surface area contributed by atoms with Crippen LogP contribution in [0.25, 0.3) is 0 Å². The molecule has 0 spiro atoms. The average molecular weight is 199 g/mol. The van der Waals surface area contributed by atoms with E-state index in [2.05, 4.69) is 5.32 Å². The molecule has 14 heavy (non-hydrogen) atoms. The lowest BCUT2D eigenvalue weighted by Gasteiger charge is -2.27. The maximum Gasteiger partial charge on any atom is 0.309 e. The first kappa shape index (κ1) is 11.5. The zero-order chi connectivity index (χ0) is 10.6. The highest BCUT2D eigenvalue weighted by molar-refractivity contribution is 5.72. The lowest BCUT2D eigenvalue weighted by molar-refractivity contribution is -0.153. The van der Waals surface area contributed by atoms with Crippen LogP contribution in [0.15, 0.2) is 0 Å². The highest BCUT2D eigenvalue weighted by atomic mass is 16.5. The number of carbonyl (C=O) groups is 1. The Morgan fingerprint density at radius 1 is 1.43 bits per heavy atom. The van der Waals surface area contributed by atoms with Gasteiger partial charge < -0.3 is 10.1 Å². The summed E-state index contributed by atoms with van der Waals surface area (Å²) >= 11 is 0. The van der Waals surface area contributed by atoms with Gasteiger partial charge in [0.05, 0.1) is 12.0 Å². The molecule has 1 N–H and O–H groups in total. The Balaban J connectivity index is 2.39. The summed E-state index contributed by atoms with van der Waals surface area (Å²) in [5.74, 6) is 0.101. The molecule has 0 aromatic carbocycles. The second kappa shape index (κ2) is 5.35. The topological polar surface area (TPSA) is 38.3 Å². The molecule has 3 heteroatoms. The van der Waals surface area contributed by atoms with E-state index in [0.717, 1.165) is 19.3 Å². The fraction of sp³-hybridized carbons (Fsp3) is 0.909. The summed E-state index contributed by atoms with van der Waals surface area (Å²) < 4.78 is 5.22. The number of carbonyl (C=O) groups excluding carboxylic acids is 1. The number of esters is 1. The number of hydrogen-bond acceptors (Lipinski definition) is 3.